The van der Waals surface area contributed by atoms with Crippen molar-refractivity contribution in [2.24, 2.45) is 5.92 Å². The number of benzene rings is 1. The van der Waals surface area contributed by atoms with Gasteiger partial charge in [0.15, 0.2) is 11.5 Å². The van der Waals surface area contributed by atoms with Gasteiger partial charge in [0, 0.05) is 6.04 Å². The Kier molecular flexibility index (Phi) is 5.52. The van der Waals surface area contributed by atoms with E-state index in [1.807, 2.05) is 0 Å². The summed E-state index contributed by atoms with van der Waals surface area (Å²) in [5.41, 5.74) is 0.470. The fourth-order valence-electron chi connectivity index (χ4n) is 3.06. The van der Waals surface area contributed by atoms with Crippen molar-refractivity contribution in [1.82, 2.24) is 5.32 Å². The second-order valence-corrected chi connectivity index (χ2v) is 5.72. The van der Waals surface area contributed by atoms with Crippen molar-refractivity contribution >= 4 is 5.91 Å². The van der Waals surface area contributed by atoms with E-state index in [1.54, 1.807) is 19.2 Å². The molecule has 1 aliphatic carbocycles. The molecule has 5 nitrogen and oxygen atoms in total. The Morgan fingerprint density at radius 2 is 1.73 bits per heavy atom. The summed E-state index contributed by atoms with van der Waals surface area (Å²) >= 11 is 0. The van der Waals surface area contributed by atoms with Crippen LogP contribution in [-0.2, 0) is 0 Å². The molecule has 1 N–H and O–H groups in total. The van der Waals surface area contributed by atoms with Crippen molar-refractivity contribution in [3.05, 3.63) is 17.7 Å². The molecule has 0 unspecified atom stereocenters. The quantitative estimate of drug-likeness (QED) is 0.908. The molecule has 122 valence electrons. The average Bonchev–Trinajstić information content (AvgIpc) is 2.55. The van der Waals surface area contributed by atoms with Crippen LogP contribution in [0.5, 0.6) is 17.2 Å². The molecule has 0 aliphatic heterocycles. The van der Waals surface area contributed by atoms with Crippen LogP contribution in [0, 0.1) is 5.92 Å². The van der Waals surface area contributed by atoms with Crippen molar-refractivity contribution in [3.8, 4) is 17.2 Å². The van der Waals surface area contributed by atoms with Gasteiger partial charge in [0.25, 0.3) is 5.91 Å². The first-order chi connectivity index (χ1) is 10.6. The third-order valence-corrected chi connectivity index (χ3v) is 4.38. The zero-order chi connectivity index (χ0) is 16.1. The summed E-state index contributed by atoms with van der Waals surface area (Å²) in [7, 11) is 4.61. The summed E-state index contributed by atoms with van der Waals surface area (Å²) in [6, 6.07) is 3.66. The lowest BCUT2D eigenvalue weighted by atomic mass is 9.86. The lowest BCUT2D eigenvalue weighted by Crippen LogP contribution is -2.41. The van der Waals surface area contributed by atoms with Crippen molar-refractivity contribution in [3.63, 3.8) is 0 Å². The maximum atomic E-state index is 12.6. The maximum Gasteiger partial charge on any atom is 0.255 e. The molecule has 1 aromatic rings. The minimum atomic E-state index is -0.128. The molecule has 0 saturated heterocycles. The van der Waals surface area contributed by atoms with E-state index in [0.717, 1.165) is 12.8 Å². The van der Waals surface area contributed by atoms with E-state index in [-0.39, 0.29) is 11.9 Å². The lowest BCUT2D eigenvalue weighted by molar-refractivity contribution is 0.0906. The highest BCUT2D eigenvalue weighted by atomic mass is 16.5. The second-order valence-electron chi connectivity index (χ2n) is 5.72. The molecule has 0 heterocycles. The fourth-order valence-corrected chi connectivity index (χ4v) is 3.06. The predicted molar refractivity (Wildman–Crippen MR) is 85.0 cm³/mol. The molecule has 0 radical (unpaired) electrons. The number of hydrogen-bond donors (Lipinski definition) is 1. The first-order valence-corrected chi connectivity index (χ1v) is 7.72. The number of hydrogen-bond acceptors (Lipinski definition) is 4. The van der Waals surface area contributed by atoms with E-state index >= 15 is 0 Å². The molecular formula is C17H25NO4. The second kappa shape index (κ2) is 7.38. The molecule has 1 aliphatic rings. The molecule has 0 aromatic heterocycles. The molecule has 0 spiro atoms. The molecule has 1 saturated carbocycles. The van der Waals surface area contributed by atoms with Gasteiger partial charge in [-0.15, -0.1) is 0 Å². The van der Waals surface area contributed by atoms with E-state index in [9.17, 15) is 4.79 Å². The van der Waals surface area contributed by atoms with Gasteiger partial charge in [-0.1, -0.05) is 19.8 Å². The SMILES string of the molecule is COc1ccc(C(=O)N[C@@H]2CCCC[C@@H]2C)c(OC)c1OC. The van der Waals surface area contributed by atoms with E-state index in [1.165, 1.54) is 27.1 Å². The molecule has 1 amide bonds. The number of amides is 1. The summed E-state index contributed by atoms with van der Waals surface area (Å²) in [5, 5.41) is 3.13. The minimum Gasteiger partial charge on any atom is -0.493 e. The van der Waals surface area contributed by atoms with Gasteiger partial charge in [0.05, 0.1) is 26.9 Å². The van der Waals surface area contributed by atoms with Gasteiger partial charge >= 0.3 is 0 Å². The van der Waals surface area contributed by atoms with Crippen LogP contribution in [0.3, 0.4) is 0 Å². The summed E-state index contributed by atoms with van der Waals surface area (Å²) < 4.78 is 16.0. The Balaban J connectivity index is 2.25. The highest BCUT2D eigenvalue weighted by molar-refractivity contribution is 5.98. The molecule has 0 bridgehead atoms. The fraction of sp³-hybridized carbons (Fsp3) is 0.588. The number of nitrogens with one attached hydrogen (secondary N) is 1. The maximum absolute atomic E-state index is 12.6. The Morgan fingerprint density at radius 1 is 1.05 bits per heavy atom. The van der Waals surface area contributed by atoms with Gasteiger partial charge in [0.2, 0.25) is 5.75 Å². The van der Waals surface area contributed by atoms with Crippen LogP contribution in [-0.4, -0.2) is 33.3 Å². The third-order valence-electron chi connectivity index (χ3n) is 4.38. The molecule has 2 atom stereocenters. The predicted octanol–water partition coefficient (Wildman–Crippen LogP) is 3.02. The Labute approximate surface area is 131 Å². The van der Waals surface area contributed by atoms with Gasteiger partial charge in [-0.2, -0.15) is 0 Å². The number of ether oxygens (including phenoxy) is 3. The summed E-state index contributed by atoms with van der Waals surface area (Å²) in [6.45, 7) is 2.19. The Morgan fingerprint density at radius 3 is 2.32 bits per heavy atom. The van der Waals surface area contributed by atoms with Gasteiger partial charge in [-0.05, 0) is 30.9 Å². The average molecular weight is 307 g/mol. The van der Waals surface area contributed by atoms with Crippen LogP contribution in [0.2, 0.25) is 0 Å². The third kappa shape index (κ3) is 3.29. The number of rotatable bonds is 5. The summed E-state index contributed by atoms with van der Waals surface area (Å²) in [5.74, 6) is 1.76. The topological polar surface area (TPSA) is 56.8 Å². The Bertz CT molecular complexity index is 530. The van der Waals surface area contributed by atoms with Gasteiger partial charge in [0.1, 0.15) is 0 Å². The van der Waals surface area contributed by atoms with Crippen molar-refractivity contribution in [1.29, 1.82) is 0 Å². The first-order valence-electron chi connectivity index (χ1n) is 7.72. The van der Waals surface area contributed by atoms with Crippen molar-refractivity contribution in [2.75, 3.05) is 21.3 Å². The molecule has 2 rings (SSSR count). The highest BCUT2D eigenvalue weighted by Gasteiger charge is 2.26. The molecular weight excluding hydrogens is 282 g/mol. The van der Waals surface area contributed by atoms with Gasteiger partial charge in [-0.25, -0.2) is 0 Å². The van der Waals surface area contributed by atoms with Crippen LogP contribution in [0.25, 0.3) is 0 Å². The van der Waals surface area contributed by atoms with Crippen LogP contribution < -0.4 is 19.5 Å². The highest BCUT2D eigenvalue weighted by Crippen LogP contribution is 2.39. The van der Waals surface area contributed by atoms with E-state index in [2.05, 4.69) is 12.2 Å². The van der Waals surface area contributed by atoms with E-state index in [4.69, 9.17) is 14.2 Å². The van der Waals surface area contributed by atoms with E-state index < -0.39 is 0 Å². The Hall–Kier alpha value is -1.91. The minimum absolute atomic E-state index is 0.128. The number of carbonyl (C=O) groups is 1. The number of carbonyl (C=O) groups excluding carboxylic acids is 1. The zero-order valence-corrected chi connectivity index (χ0v) is 13.8. The molecule has 1 aromatic carbocycles. The smallest absolute Gasteiger partial charge is 0.255 e. The first kappa shape index (κ1) is 16.5. The standard InChI is InChI=1S/C17H25NO4/c1-11-7-5-6-8-13(11)18-17(19)12-9-10-14(20-2)16(22-4)15(12)21-3/h9-11,13H,5-8H2,1-4H3,(H,18,19)/t11-,13+/m0/s1. The molecule has 22 heavy (non-hydrogen) atoms. The monoisotopic (exact) mass is 307 g/mol. The van der Waals surface area contributed by atoms with Crippen molar-refractivity contribution < 1.29 is 19.0 Å². The summed E-state index contributed by atoms with van der Waals surface area (Å²) in [6.07, 6.45) is 4.60. The van der Waals surface area contributed by atoms with E-state index in [0.29, 0.717) is 28.7 Å². The largest absolute Gasteiger partial charge is 0.493 e. The van der Waals surface area contributed by atoms with Gasteiger partial charge in [-0.3, -0.25) is 4.79 Å². The van der Waals surface area contributed by atoms with Crippen LogP contribution in [0.4, 0.5) is 0 Å². The lowest BCUT2D eigenvalue weighted by Gasteiger charge is -2.29. The normalized spacial score (nSPS) is 21.1. The molecule has 1 fully saturated rings. The molecule has 5 heteroatoms. The number of methoxy groups -OCH3 is 3. The van der Waals surface area contributed by atoms with Gasteiger partial charge < -0.3 is 19.5 Å². The van der Waals surface area contributed by atoms with Crippen LogP contribution >= 0.6 is 0 Å². The van der Waals surface area contributed by atoms with Crippen LogP contribution in [0.1, 0.15) is 43.0 Å². The van der Waals surface area contributed by atoms with Crippen molar-refractivity contribution in [2.45, 2.75) is 38.6 Å². The summed E-state index contributed by atoms with van der Waals surface area (Å²) in [4.78, 5) is 12.6. The zero-order valence-electron chi connectivity index (χ0n) is 13.8. The van der Waals surface area contributed by atoms with Crippen LogP contribution in [0.15, 0.2) is 12.1 Å².